The Bertz CT molecular complexity index is 389. The number of anilines is 1. The molecule has 1 unspecified atom stereocenters. The van der Waals surface area contributed by atoms with Gasteiger partial charge in [-0.2, -0.15) is 5.26 Å². The van der Waals surface area contributed by atoms with E-state index in [1.54, 1.807) is 0 Å². The first-order valence-electron chi connectivity index (χ1n) is 7.20. The second-order valence-electron chi connectivity index (χ2n) is 4.77. The molecule has 0 heterocycles. The number of unbranched alkanes of at least 4 members (excludes halogenated alkanes) is 1. The number of ether oxygens (including phenoxy) is 1. The Morgan fingerprint density at radius 3 is 2.75 bits per heavy atom. The Labute approximate surface area is 121 Å². The van der Waals surface area contributed by atoms with E-state index >= 15 is 0 Å². The van der Waals surface area contributed by atoms with Crippen LogP contribution in [0.4, 0.5) is 5.69 Å². The van der Waals surface area contributed by atoms with Gasteiger partial charge in [0.1, 0.15) is 0 Å². The van der Waals surface area contributed by atoms with E-state index < -0.39 is 6.10 Å². The van der Waals surface area contributed by atoms with E-state index in [0.29, 0.717) is 32.7 Å². The second kappa shape index (κ2) is 10.2. The molecule has 0 bridgehead atoms. The van der Waals surface area contributed by atoms with Crippen LogP contribution in [-0.4, -0.2) is 37.5 Å². The Hall–Kier alpha value is -1.57. The predicted molar refractivity (Wildman–Crippen MR) is 80.6 cm³/mol. The number of hydrogen-bond donors (Lipinski definition) is 1. The van der Waals surface area contributed by atoms with Gasteiger partial charge in [-0.25, -0.2) is 0 Å². The van der Waals surface area contributed by atoms with E-state index in [1.807, 2.05) is 35.2 Å². The predicted octanol–water partition coefficient (Wildman–Crippen LogP) is 2.58. The van der Waals surface area contributed by atoms with Crippen molar-refractivity contribution < 1.29 is 9.84 Å². The van der Waals surface area contributed by atoms with Gasteiger partial charge in [0.15, 0.2) is 0 Å². The van der Waals surface area contributed by atoms with Crippen LogP contribution in [0.25, 0.3) is 0 Å². The third-order valence-corrected chi connectivity index (χ3v) is 3.00. The Balaban J connectivity index is 2.46. The number of benzene rings is 1. The van der Waals surface area contributed by atoms with Gasteiger partial charge in [0, 0.05) is 25.4 Å². The number of para-hydroxylation sites is 1. The molecular weight excluding hydrogens is 252 g/mol. The molecule has 4 nitrogen and oxygen atoms in total. The lowest BCUT2D eigenvalue weighted by Gasteiger charge is -2.26. The van der Waals surface area contributed by atoms with Crippen LogP contribution in [-0.2, 0) is 4.74 Å². The lowest BCUT2D eigenvalue weighted by molar-refractivity contribution is 0.0392. The van der Waals surface area contributed by atoms with Crippen LogP contribution in [0, 0.1) is 11.3 Å². The maximum Gasteiger partial charge on any atom is 0.0948 e. The van der Waals surface area contributed by atoms with Crippen molar-refractivity contribution in [2.24, 2.45) is 0 Å². The summed E-state index contributed by atoms with van der Waals surface area (Å²) in [6.45, 7) is 4.25. The lowest BCUT2D eigenvalue weighted by atomic mass is 10.2. The number of aliphatic hydroxyl groups excluding tert-OH is 1. The highest BCUT2D eigenvalue weighted by Crippen LogP contribution is 2.14. The van der Waals surface area contributed by atoms with Crippen LogP contribution >= 0.6 is 0 Å². The van der Waals surface area contributed by atoms with Crippen molar-refractivity contribution in [3.05, 3.63) is 30.3 Å². The van der Waals surface area contributed by atoms with Crippen LogP contribution in [0.1, 0.15) is 26.2 Å². The molecule has 0 saturated carbocycles. The lowest BCUT2D eigenvalue weighted by Crippen LogP contribution is -2.35. The van der Waals surface area contributed by atoms with E-state index in [-0.39, 0.29) is 0 Å². The highest BCUT2D eigenvalue weighted by Gasteiger charge is 2.12. The van der Waals surface area contributed by atoms with Gasteiger partial charge in [0.05, 0.1) is 25.2 Å². The van der Waals surface area contributed by atoms with Crippen LogP contribution in [0.15, 0.2) is 30.3 Å². The monoisotopic (exact) mass is 276 g/mol. The fourth-order valence-corrected chi connectivity index (χ4v) is 1.92. The molecule has 0 aromatic heterocycles. The fraction of sp³-hybridized carbons (Fsp3) is 0.562. The number of nitrogens with zero attached hydrogens (tertiary/aromatic N) is 2. The molecule has 0 saturated heterocycles. The average Bonchev–Trinajstić information content (AvgIpc) is 2.49. The Morgan fingerprint density at radius 1 is 1.35 bits per heavy atom. The molecule has 20 heavy (non-hydrogen) atoms. The number of rotatable bonds is 10. The SMILES string of the molecule is CCCCOCC(O)CN(CCC#N)c1ccccc1. The molecule has 110 valence electrons. The van der Waals surface area contributed by atoms with Gasteiger partial charge < -0.3 is 14.7 Å². The maximum atomic E-state index is 10.0. The Morgan fingerprint density at radius 2 is 2.10 bits per heavy atom. The van der Waals surface area contributed by atoms with E-state index in [0.717, 1.165) is 18.5 Å². The molecule has 1 atom stereocenters. The van der Waals surface area contributed by atoms with E-state index in [4.69, 9.17) is 10.00 Å². The molecule has 0 amide bonds. The van der Waals surface area contributed by atoms with E-state index in [2.05, 4.69) is 13.0 Å². The third kappa shape index (κ3) is 6.55. The number of nitriles is 1. The summed E-state index contributed by atoms with van der Waals surface area (Å²) in [6, 6.07) is 12.0. The normalized spacial score (nSPS) is 11.8. The largest absolute Gasteiger partial charge is 0.389 e. The van der Waals surface area contributed by atoms with Crippen molar-refractivity contribution >= 4 is 5.69 Å². The van der Waals surface area contributed by atoms with Crippen molar-refractivity contribution in [2.75, 3.05) is 31.2 Å². The molecule has 0 spiro atoms. The van der Waals surface area contributed by atoms with Crippen molar-refractivity contribution in [2.45, 2.75) is 32.3 Å². The first-order valence-corrected chi connectivity index (χ1v) is 7.20. The molecule has 0 aliphatic rings. The molecule has 0 aliphatic heterocycles. The summed E-state index contributed by atoms with van der Waals surface area (Å²) in [5, 5.41) is 18.8. The van der Waals surface area contributed by atoms with Gasteiger partial charge in [-0.15, -0.1) is 0 Å². The van der Waals surface area contributed by atoms with Gasteiger partial charge in [-0.05, 0) is 18.6 Å². The van der Waals surface area contributed by atoms with Gasteiger partial charge >= 0.3 is 0 Å². The van der Waals surface area contributed by atoms with Crippen LogP contribution in [0.2, 0.25) is 0 Å². The molecule has 1 aromatic rings. The first-order chi connectivity index (χ1) is 9.77. The van der Waals surface area contributed by atoms with E-state index in [9.17, 15) is 5.11 Å². The minimum atomic E-state index is -0.536. The molecule has 1 N–H and O–H groups in total. The molecule has 1 rings (SSSR count). The fourth-order valence-electron chi connectivity index (χ4n) is 1.92. The highest BCUT2D eigenvalue weighted by atomic mass is 16.5. The van der Waals surface area contributed by atoms with Gasteiger partial charge in [-0.3, -0.25) is 0 Å². The molecule has 1 aromatic carbocycles. The van der Waals surface area contributed by atoms with Crippen LogP contribution in [0.3, 0.4) is 0 Å². The van der Waals surface area contributed by atoms with Crippen molar-refractivity contribution in [1.82, 2.24) is 0 Å². The molecule has 4 heteroatoms. The summed E-state index contributed by atoms with van der Waals surface area (Å²) in [7, 11) is 0. The average molecular weight is 276 g/mol. The van der Waals surface area contributed by atoms with Gasteiger partial charge in [-0.1, -0.05) is 31.5 Å². The standard InChI is InChI=1S/C16H24N2O2/c1-2-3-12-20-14-16(19)13-18(11-7-10-17)15-8-5-4-6-9-15/h4-6,8-9,16,19H,2-3,7,11-14H2,1H3. The molecular formula is C16H24N2O2. The first kappa shape index (κ1) is 16.5. The summed E-state index contributed by atoms with van der Waals surface area (Å²) < 4.78 is 5.44. The zero-order valence-electron chi connectivity index (χ0n) is 12.2. The summed E-state index contributed by atoms with van der Waals surface area (Å²) in [5.74, 6) is 0. The minimum absolute atomic E-state index is 0.343. The zero-order valence-corrected chi connectivity index (χ0v) is 12.2. The van der Waals surface area contributed by atoms with Crippen molar-refractivity contribution in [3.8, 4) is 6.07 Å². The molecule has 0 fully saturated rings. The smallest absolute Gasteiger partial charge is 0.0948 e. The van der Waals surface area contributed by atoms with Crippen LogP contribution in [0.5, 0.6) is 0 Å². The van der Waals surface area contributed by atoms with Crippen molar-refractivity contribution in [1.29, 1.82) is 5.26 Å². The highest BCUT2D eigenvalue weighted by molar-refractivity contribution is 5.46. The summed E-state index contributed by atoms with van der Waals surface area (Å²) >= 11 is 0. The minimum Gasteiger partial charge on any atom is -0.389 e. The van der Waals surface area contributed by atoms with Gasteiger partial charge in [0.2, 0.25) is 0 Å². The van der Waals surface area contributed by atoms with Crippen LogP contribution < -0.4 is 4.90 Å². The quantitative estimate of drug-likeness (QED) is 0.667. The molecule has 0 aliphatic carbocycles. The summed E-state index contributed by atoms with van der Waals surface area (Å²) in [5.41, 5.74) is 1.02. The Kier molecular flexibility index (Phi) is 8.44. The third-order valence-electron chi connectivity index (χ3n) is 3.00. The number of hydrogen-bond acceptors (Lipinski definition) is 4. The zero-order chi connectivity index (χ0) is 14.6. The molecule has 0 radical (unpaired) electrons. The maximum absolute atomic E-state index is 10.0. The number of aliphatic hydroxyl groups is 1. The summed E-state index contributed by atoms with van der Waals surface area (Å²) in [4.78, 5) is 2.02. The van der Waals surface area contributed by atoms with Crippen molar-refractivity contribution in [3.63, 3.8) is 0 Å². The van der Waals surface area contributed by atoms with E-state index in [1.165, 1.54) is 0 Å². The van der Waals surface area contributed by atoms with Gasteiger partial charge in [0.25, 0.3) is 0 Å². The topological polar surface area (TPSA) is 56.5 Å². The summed E-state index contributed by atoms with van der Waals surface area (Å²) in [6.07, 6.45) is 2.02. The second-order valence-corrected chi connectivity index (χ2v) is 4.77.